The lowest BCUT2D eigenvalue weighted by atomic mass is 9.45. The van der Waals surface area contributed by atoms with Crippen molar-refractivity contribution in [3.8, 4) is 0 Å². The number of carbonyl (C=O) groups is 1. The fourth-order valence-electron chi connectivity index (χ4n) is 8.94. The Hall–Kier alpha value is -0.670. The predicted molar refractivity (Wildman–Crippen MR) is 124 cm³/mol. The van der Waals surface area contributed by atoms with Gasteiger partial charge in [-0.3, -0.25) is 0 Å². The molecule has 0 N–H and O–H groups in total. The van der Waals surface area contributed by atoms with Gasteiger partial charge in [0.2, 0.25) is 0 Å². The highest BCUT2D eigenvalue weighted by Crippen LogP contribution is 2.66. The predicted octanol–water partition coefficient (Wildman–Crippen LogP) is 6.85. The lowest BCUT2D eigenvalue weighted by molar-refractivity contribution is -0.229. The van der Waals surface area contributed by atoms with E-state index >= 15 is 0 Å². The van der Waals surface area contributed by atoms with Crippen LogP contribution in [-0.2, 0) is 14.3 Å². The van der Waals surface area contributed by atoms with E-state index in [4.69, 9.17) is 9.47 Å². The number of hydrogen-bond donors (Lipinski definition) is 0. The highest BCUT2D eigenvalue weighted by molar-refractivity contribution is 5.68. The Morgan fingerprint density at radius 3 is 2.65 bits per heavy atom. The summed E-state index contributed by atoms with van der Waals surface area (Å²) in [6.45, 7) is 5.29. The minimum absolute atomic E-state index is 0.186. The number of hydrogen-bond acceptors (Lipinski definition) is 3. The second-order valence-electron chi connectivity index (χ2n) is 11.7. The molecular weight excluding hydrogens is 384 g/mol. The van der Waals surface area contributed by atoms with Gasteiger partial charge in [0.05, 0.1) is 11.5 Å². The van der Waals surface area contributed by atoms with E-state index in [1.165, 1.54) is 69.6 Å². The minimum atomic E-state index is -0.348. The topological polar surface area (TPSA) is 35.5 Å². The molecule has 5 aliphatic carbocycles. The first-order valence-corrected chi connectivity index (χ1v) is 13.6. The molecule has 0 saturated heterocycles. The number of aldehydes is 1. The molecular formula is C28H44O3. The Labute approximate surface area is 189 Å². The van der Waals surface area contributed by atoms with E-state index in [9.17, 15) is 4.79 Å². The summed E-state index contributed by atoms with van der Waals surface area (Å²) in [5.41, 5.74) is 1.62. The molecule has 0 aromatic heterocycles. The van der Waals surface area contributed by atoms with Crippen molar-refractivity contribution in [2.24, 2.45) is 34.5 Å². The molecule has 1 unspecified atom stereocenters. The third kappa shape index (κ3) is 3.66. The monoisotopic (exact) mass is 428 g/mol. The normalized spacial score (nSPS) is 44.0. The first kappa shape index (κ1) is 22.1. The molecule has 0 spiro atoms. The maximum atomic E-state index is 13.2. The average Bonchev–Trinajstić information content (AvgIpc) is 3.20. The maximum absolute atomic E-state index is 13.2. The van der Waals surface area contributed by atoms with E-state index in [2.05, 4.69) is 19.9 Å². The summed E-state index contributed by atoms with van der Waals surface area (Å²) >= 11 is 0. The van der Waals surface area contributed by atoms with Gasteiger partial charge in [-0.2, -0.15) is 0 Å². The van der Waals surface area contributed by atoms with E-state index < -0.39 is 0 Å². The molecule has 0 aromatic carbocycles. The van der Waals surface area contributed by atoms with E-state index in [1.807, 2.05) is 0 Å². The van der Waals surface area contributed by atoms with Gasteiger partial charge in [-0.05, 0) is 94.3 Å². The molecule has 0 aliphatic heterocycles. The molecule has 4 saturated carbocycles. The lowest BCUT2D eigenvalue weighted by Gasteiger charge is -2.59. The van der Waals surface area contributed by atoms with Gasteiger partial charge in [0.25, 0.3) is 0 Å². The Kier molecular flexibility index (Phi) is 6.38. The summed E-state index contributed by atoms with van der Waals surface area (Å²) < 4.78 is 13.1. The van der Waals surface area contributed by atoms with Crippen molar-refractivity contribution >= 4 is 6.29 Å². The highest BCUT2D eigenvalue weighted by atomic mass is 16.7. The van der Waals surface area contributed by atoms with Crippen molar-refractivity contribution in [3.63, 3.8) is 0 Å². The van der Waals surface area contributed by atoms with Crippen molar-refractivity contribution in [1.82, 2.24) is 0 Å². The number of allylic oxidation sites excluding steroid dienone is 2. The summed E-state index contributed by atoms with van der Waals surface area (Å²) in [6, 6.07) is 0. The molecule has 0 aromatic rings. The molecule has 0 heterocycles. The molecule has 174 valence electrons. The third-order valence-corrected chi connectivity index (χ3v) is 10.4. The lowest BCUT2D eigenvalue weighted by Crippen LogP contribution is -2.57. The molecule has 4 fully saturated rings. The number of ether oxygens (including phenoxy) is 2. The number of fused-ring (bicyclic) bond motifs is 5. The molecule has 5 aliphatic rings. The minimum Gasteiger partial charge on any atom is -0.353 e. The second-order valence-corrected chi connectivity index (χ2v) is 11.7. The molecule has 0 radical (unpaired) electrons. The summed E-state index contributed by atoms with van der Waals surface area (Å²) in [6.07, 6.45) is 21.3. The van der Waals surface area contributed by atoms with E-state index in [-0.39, 0.29) is 17.6 Å². The van der Waals surface area contributed by atoms with Crippen molar-refractivity contribution in [2.45, 2.75) is 116 Å². The molecule has 0 amide bonds. The smallest absolute Gasteiger partial charge is 0.161 e. The van der Waals surface area contributed by atoms with Crippen LogP contribution in [0.1, 0.15) is 104 Å². The van der Waals surface area contributed by atoms with E-state index in [0.29, 0.717) is 30.0 Å². The zero-order valence-electron chi connectivity index (χ0n) is 20.0. The summed E-state index contributed by atoms with van der Waals surface area (Å²) in [5, 5.41) is 0. The third-order valence-electron chi connectivity index (χ3n) is 10.4. The van der Waals surface area contributed by atoms with Crippen LogP contribution in [0.5, 0.6) is 0 Å². The van der Waals surface area contributed by atoms with Gasteiger partial charge < -0.3 is 14.3 Å². The first-order chi connectivity index (χ1) is 15.1. The Bertz CT molecular complexity index is 680. The van der Waals surface area contributed by atoms with Gasteiger partial charge in [-0.15, -0.1) is 0 Å². The number of rotatable bonds is 6. The van der Waals surface area contributed by atoms with E-state index in [1.54, 1.807) is 0 Å². The molecule has 7 atom stereocenters. The SMILES string of the molecule is CCOC(OC1CCCCC1)[C@H]1CCC=C2CC[C@H]3[C@@H]4CCC[C@@]4(C)CC[C@@H]3[C@]21C=O. The van der Waals surface area contributed by atoms with Crippen LogP contribution in [0.4, 0.5) is 0 Å². The van der Waals surface area contributed by atoms with Crippen LogP contribution < -0.4 is 0 Å². The molecule has 31 heavy (non-hydrogen) atoms. The van der Waals surface area contributed by atoms with Crippen LogP contribution in [0.15, 0.2) is 11.6 Å². The fraction of sp³-hybridized carbons (Fsp3) is 0.893. The second kappa shape index (κ2) is 8.93. The summed E-state index contributed by atoms with van der Waals surface area (Å²) in [4.78, 5) is 13.2. The van der Waals surface area contributed by atoms with Gasteiger partial charge in [-0.25, -0.2) is 0 Å². The molecule has 5 rings (SSSR count). The summed E-state index contributed by atoms with van der Waals surface area (Å²) in [5.74, 6) is 2.20. The van der Waals surface area contributed by atoms with Crippen LogP contribution >= 0.6 is 0 Å². The van der Waals surface area contributed by atoms with Crippen molar-refractivity contribution in [1.29, 1.82) is 0 Å². The van der Waals surface area contributed by atoms with Gasteiger partial charge in [-0.1, -0.05) is 44.3 Å². The van der Waals surface area contributed by atoms with Gasteiger partial charge >= 0.3 is 0 Å². The Morgan fingerprint density at radius 1 is 1.03 bits per heavy atom. The van der Waals surface area contributed by atoms with Crippen LogP contribution in [0.2, 0.25) is 0 Å². The standard InChI is InChI=1S/C28H44O3/c1-3-30-26(31-21-10-5-4-6-11-21)25-12-7-9-20-14-15-22-23-13-8-17-27(23,2)18-16-24(22)28(20,25)19-29/h9,19,21-26H,3-8,10-18H2,1-2H3/t22-,23-,24-,25+,26?,27-,28-/m0/s1. The fourth-order valence-corrected chi connectivity index (χ4v) is 8.94. The molecule has 3 nitrogen and oxygen atoms in total. The highest BCUT2D eigenvalue weighted by Gasteiger charge is 2.61. The average molecular weight is 429 g/mol. The van der Waals surface area contributed by atoms with Crippen LogP contribution in [0.3, 0.4) is 0 Å². The van der Waals surface area contributed by atoms with Crippen LogP contribution in [0.25, 0.3) is 0 Å². The van der Waals surface area contributed by atoms with E-state index in [0.717, 1.165) is 38.0 Å². The molecule has 0 bridgehead atoms. The zero-order valence-corrected chi connectivity index (χ0v) is 20.0. The van der Waals surface area contributed by atoms with Crippen molar-refractivity contribution < 1.29 is 14.3 Å². The van der Waals surface area contributed by atoms with Crippen LogP contribution in [0, 0.1) is 34.5 Å². The number of carbonyl (C=O) groups excluding carboxylic acids is 1. The van der Waals surface area contributed by atoms with Gasteiger partial charge in [0.15, 0.2) is 6.29 Å². The molecule has 3 heteroatoms. The van der Waals surface area contributed by atoms with Crippen molar-refractivity contribution in [3.05, 3.63) is 11.6 Å². The van der Waals surface area contributed by atoms with Crippen LogP contribution in [-0.4, -0.2) is 25.3 Å². The summed E-state index contributed by atoms with van der Waals surface area (Å²) in [7, 11) is 0. The Balaban J connectivity index is 1.47. The van der Waals surface area contributed by atoms with Crippen molar-refractivity contribution in [2.75, 3.05) is 6.61 Å². The Morgan fingerprint density at radius 2 is 1.87 bits per heavy atom. The van der Waals surface area contributed by atoms with Gasteiger partial charge in [0, 0.05) is 12.5 Å². The largest absolute Gasteiger partial charge is 0.353 e. The zero-order chi connectivity index (χ0) is 21.5. The maximum Gasteiger partial charge on any atom is 0.161 e. The van der Waals surface area contributed by atoms with Gasteiger partial charge in [0.1, 0.15) is 6.29 Å². The first-order valence-electron chi connectivity index (χ1n) is 13.6. The quantitative estimate of drug-likeness (QED) is 0.264.